The molecular formula is C19H19NO6. The van der Waals surface area contributed by atoms with E-state index in [0.717, 1.165) is 11.6 Å². The smallest absolute Gasteiger partial charge is 0.339 e. The maximum Gasteiger partial charge on any atom is 0.339 e. The molecule has 1 N–H and O–H groups in total. The average Bonchev–Trinajstić information content (AvgIpc) is 2.60. The Kier molecular flexibility index (Phi) is 4.71. The number of methoxy groups -OCH3 is 2. The van der Waals surface area contributed by atoms with Gasteiger partial charge in [-0.2, -0.15) is 0 Å². The topological polar surface area (TPSA) is 90.9 Å². The van der Waals surface area contributed by atoms with Gasteiger partial charge in [-0.1, -0.05) is 6.07 Å². The highest BCUT2D eigenvalue weighted by atomic mass is 16.5. The molecule has 0 spiro atoms. The molecule has 0 atom stereocenters. The second-order valence-electron chi connectivity index (χ2n) is 5.87. The Bertz CT molecular complexity index is 1080. The monoisotopic (exact) mass is 357 g/mol. The molecule has 0 saturated heterocycles. The van der Waals surface area contributed by atoms with E-state index in [1.165, 1.54) is 0 Å². The van der Waals surface area contributed by atoms with Gasteiger partial charge in [0.25, 0.3) is 5.56 Å². The van der Waals surface area contributed by atoms with Crippen molar-refractivity contribution in [3.63, 3.8) is 0 Å². The normalized spacial score (nSPS) is 10.9. The predicted molar refractivity (Wildman–Crippen MR) is 96.4 cm³/mol. The first-order valence-corrected chi connectivity index (χ1v) is 8.02. The number of nitrogens with zero attached hydrogens (tertiary/aromatic N) is 1. The van der Waals surface area contributed by atoms with Gasteiger partial charge in [0.15, 0.2) is 11.5 Å². The Morgan fingerprint density at radius 1 is 1.08 bits per heavy atom. The fourth-order valence-electron chi connectivity index (χ4n) is 2.93. The molecule has 7 heteroatoms. The van der Waals surface area contributed by atoms with Crippen molar-refractivity contribution in [2.24, 2.45) is 0 Å². The molecule has 3 aromatic rings. The van der Waals surface area contributed by atoms with E-state index in [9.17, 15) is 14.7 Å². The van der Waals surface area contributed by atoms with Gasteiger partial charge in [0.05, 0.1) is 20.3 Å². The molecule has 0 radical (unpaired) electrons. The van der Waals surface area contributed by atoms with Gasteiger partial charge in [-0.05, 0) is 31.0 Å². The van der Waals surface area contributed by atoms with Gasteiger partial charge in [0.1, 0.15) is 16.7 Å². The summed E-state index contributed by atoms with van der Waals surface area (Å²) >= 11 is 0. The average molecular weight is 357 g/mol. The van der Waals surface area contributed by atoms with Gasteiger partial charge >= 0.3 is 5.63 Å². The summed E-state index contributed by atoms with van der Waals surface area (Å²) in [7, 11) is 3.14. The molecule has 0 fully saturated rings. The molecule has 2 aromatic heterocycles. The van der Waals surface area contributed by atoms with E-state index in [2.05, 4.69) is 0 Å². The van der Waals surface area contributed by atoms with E-state index in [-0.39, 0.29) is 16.7 Å². The van der Waals surface area contributed by atoms with E-state index in [4.69, 9.17) is 13.9 Å². The molecule has 0 saturated carbocycles. The van der Waals surface area contributed by atoms with Crippen LogP contribution in [-0.2, 0) is 13.0 Å². The van der Waals surface area contributed by atoms with Crippen LogP contribution in [0, 0.1) is 6.92 Å². The predicted octanol–water partition coefficient (Wildman–Crippen LogP) is 2.23. The van der Waals surface area contributed by atoms with Crippen LogP contribution < -0.4 is 20.7 Å². The van der Waals surface area contributed by atoms with Crippen molar-refractivity contribution in [2.75, 3.05) is 14.2 Å². The molecule has 0 aliphatic heterocycles. The lowest BCUT2D eigenvalue weighted by Gasteiger charge is -2.13. The van der Waals surface area contributed by atoms with Crippen molar-refractivity contribution in [1.29, 1.82) is 0 Å². The number of ether oxygens (including phenoxy) is 2. The number of hydrogen-bond donors (Lipinski definition) is 1. The third-order valence-corrected chi connectivity index (χ3v) is 4.26. The van der Waals surface area contributed by atoms with Crippen molar-refractivity contribution in [2.45, 2.75) is 19.9 Å². The van der Waals surface area contributed by atoms with Crippen LogP contribution in [0.4, 0.5) is 0 Å². The zero-order valence-electron chi connectivity index (χ0n) is 14.7. The largest absolute Gasteiger partial charge is 0.507 e. The number of rotatable bonds is 5. The number of aromatic nitrogens is 1. The van der Waals surface area contributed by atoms with Crippen LogP contribution in [0.25, 0.3) is 11.0 Å². The van der Waals surface area contributed by atoms with E-state index >= 15 is 0 Å². The van der Waals surface area contributed by atoms with Crippen LogP contribution in [0.15, 0.2) is 44.3 Å². The highest BCUT2D eigenvalue weighted by molar-refractivity contribution is 5.82. The van der Waals surface area contributed by atoms with Gasteiger partial charge < -0.3 is 23.6 Å². The Balaban J connectivity index is 1.97. The highest BCUT2D eigenvalue weighted by Crippen LogP contribution is 2.28. The Morgan fingerprint density at radius 3 is 2.50 bits per heavy atom. The highest BCUT2D eigenvalue weighted by Gasteiger charge is 2.14. The summed E-state index contributed by atoms with van der Waals surface area (Å²) in [6, 6.07) is 8.05. The van der Waals surface area contributed by atoms with Crippen molar-refractivity contribution >= 4 is 11.0 Å². The number of pyridine rings is 1. The minimum atomic E-state index is -0.697. The van der Waals surface area contributed by atoms with Crippen LogP contribution in [0.5, 0.6) is 17.2 Å². The molecule has 0 aliphatic rings. The van der Waals surface area contributed by atoms with E-state index < -0.39 is 11.2 Å². The summed E-state index contributed by atoms with van der Waals surface area (Å²) in [5.74, 6) is 0.878. The quantitative estimate of drug-likeness (QED) is 0.753. The summed E-state index contributed by atoms with van der Waals surface area (Å²) in [4.78, 5) is 24.1. The molecule has 2 heterocycles. The van der Waals surface area contributed by atoms with Gasteiger partial charge in [0, 0.05) is 18.3 Å². The van der Waals surface area contributed by atoms with Crippen molar-refractivity contribution in [3.05, 3.63) is 62.4 Å². The molecule has 1 aromatic carbocycles. The first-order valence-electron chi connectivity index (χ1n) is 8.02. The zero-order valence-corrected chi connectivity index (χ0v) is 14.7. The molecule has 0 amide bonds. The number of benzene rings is 1. The molecule has 136 valence electrons. The summed E-state index contributed by atoms with van der Waals surface area (Å²) in [5.41, 5.74) is 0.591. The Labute approximate surface area is 149 Å². The third kappa shape index (κ3) is 3.15. The third-order valence-electron chi connectivity index (χ3n) is 4.26. The Morgan fingerprint density at radius 2 is 1.81 bits per heavy atom. The molecule has 3 rings (SSSR count). The van der Waals surface area contributed by atoms with Crippen LogP contribution >= 0.6 is 0 Å². The SMILES string of the molecule is COc1ccc(CCn2c(C)cc3oc(=O)cc(O)c3c2=O)cc1OC. The first-order chi connectivity index (χ1) is 12.4. The second kappa shape index (κ2) is 6.95. The van der Waals surface area contributed by atoms with Crippen molar-refractivity contribution in [1.82, 2.24) is 4.57 Å². The summed E-state index contributed by atoms with van der Waals surface area (Å²) in [6.07, 6.45) is 0.574. The number of aryl methyl sites for hydroxylation is 2. The lowest BCUT2D eigenvalue weighted by molar-refractivity contribution is 0.354. The first kappa shape index (κ1) is 17.6. The molecule has 0 aliphatic carbocycles. The molecule has 7 nitrogen and oxygen atoms in total. The summed E-state index contributed by atoms with van der Waals surface area (Å²) in [5, 5.41) is 9.96. The van der Waals surface area contributed by atoms with Crippen LogP contribution in [0.3, 0.4) is 0 Å². The maximum atomic E-state index is 12.7. The van der Waals surface area contributed by atoms with Gasteiger partial charge in [0.2, 0.25) is 0 Å². The summed E-state index contributed by atoms with van der Waals surface area (Å²) < 4.78 is 17.1. The molecule has 0 unspecified atom stereocenters. The summed E-state index contributed by atoms with van der Waals surface area (Å²) in [6.45, 7) is 2.15. The fraction of sp³-hybridized carbons (Fsp3) is 0.263. The van der Waals surface area contributed by atoms with Gasteiger partial charge in [-0.3, -0.25) is 4.79 Å². The fourth-order valence-corrected chi connectivity index (χ4v) is 2.93. The number of hydrogen-bond acceptors (Lipinski definition) is 6. The van der Waals surface area contributed by atoms with Crippen LogP contribution in [0.1, 0.15) is 11.3 Å². The van der Waals surface area contributed by atoms with E-state index in [1.807, 2.05) is 18.2 Å². The molecule has 26 heavy (non-hydrogen) atoms. The van der Waals surface area contributed by atoms with Gasteiger partial charge in [-0.25, -0.2) is 4.79 Å². The second-order valence-corrected chi connectivity index (χ2v) is 5.87. The maximum absolute atomic E-state index is 12.7. The number of aromatic hydroxyl groups is 1. The minimum Gasteiger partial charge on any atom is -0.507 e. The minimum absolute atomic E-state index is 0.00233. The van der Waals surface area contributed by atoms with Gasteiger partial charge in [-0.15, -0.1) is 0 Å². The van der Waals surface area contributed by atoms with Crippen molar-refractivity contribution in [3.8, 4) is 17.2 Å². The van der Waals surface area contributed by atoms with E-state index in [0.29, 0.717) is 30.2 Å². The van der Waals surface area contributed by atoms with Crippen LogP contribution in [-0.4, -0.2) is 23.9 Å². The van der Waals surface area contributed by atoms with E-state index in [1.54, 1.807) is 31.8 Å². The Hall–Kier alpha value is -3.22. The zero-order chi connectivity index (χ0) is 18.8. The van der Waals surface area contributed by atoms with Crippen LogP contribution in [0.2, 0.25) is 0 Å². The lowest BCUT2D eigenvalue weighted by Crippen LogP contribution is -2.24. The van der Waals surface area contributed by atoms with Crippen molar-refractivity contribution < 1.29 is 19.0 Å². The number of fused-ring (bicyclic) bond motifs is 1. The molecule has 0 bridgehead atoms. The lowest BCUT2D eigenvalue weighted by atomic mass is 10.1. The standard InChI is InChI=1S/C19H19NO6/c1-11-8-16-18(13(21)10-17(22)26-16)19(23)20(11)7-6-12-4-5-14(24-2)15(9-12)25-3/h4-5,8-10,21H,6-7H2,1-3H3. The molecular weight excluding hydrogens is 338 g/mol.